The highest BCUT2D eigenvalue weighted by atomic mass is 32.2. The number of amides is 1. The minimum atomic E-state index is -2.99. The van der Waals surface area contributed by atoms with Crippen LogP contribution in [0.15, 0.2) is 18.3 Å². The zero-order chi connectivity index (χ0) is 31.8. The number of halogens is 5. The van der Waals surface area contributed by atoms with Gasteiger partial charge in [0.05, 0.1) is 31.6 Å². The van der Waals surface area contributed by atoms with Gasteiger partial charge in [0.1, 0.15) is 40.7 Å². The Morgan fingerprint density at radius 2 is 1.80 bits per heavy atom. The van der Waals surface area contributed by atoms with Crippen LogP contribution in [0.3, 0.4) is 0 Å². The van der Waals surface area contributed by atoms with Crippen molar-refractivity contribution in [3.05, 3.63) is 35.8 Å². The second-order valence-corrected chi connectivity index (χ2v) is 12.4. The second-order valence-electron chi connectivity index (χ2n) is 11.2. The lowest BCUT2D eigenvalue weighted by Gasteiger charge is -2.47. The molecule has 0 unspecified atom stereocenters. The van der Waals surface area contributed by atoms with Gasteiger partial charge in [-0.25, -0.2) is 26.6 Å². The molecule has 2 saturated heterocycles. The van der Waals surface area contributed by atoms with Crippen molar-refractivity contribution in [2.45, 2.75) is 72.2 Å². The highest BCUT2D eigenvalue weighted by Crippen LogP contribution is 2.47. The summed E-state index contributed by atoms with van der Waals surface area (Å²) in [4.78, 5) is 15.3. The van der Waals surface area contributed by atoms with E-state index in [0.29, 0.717) is 0 Å². The van der Waals surface area contributed by atoms with E-state index in [1.807, 2.05) is 0 Å². The summed E-state index contributed by atoms with van der Waals surface area (Å²) in [6, 6.07) is 0.308. The Bertz CT molecular complexity index is 1300. The molecule has 3 fully saturated rings. The van der Waals surface area contributed by atoms with Crippen LogP contribution in [0, 0.1) is 17.5 Å². The number of aliphatic hydroxyl groups is 3. The first-order chi connectivity index (χ1) is 20.9. The van der Waals surface area contributed by atoms with Crippen molar-refractivity contribution < 1.29 is 56.3 Å². The summed E-state index contributed by atoms with van der Waals surface area (Å²) >= 11 is 0.835. The Hall–Kier alpha value is -2.41. The van der Waals surface area contributed by atoms with Gasteiger partial charge in [-0.05, 0) is 25.0 Å². The molecular formula is C27H33F5N4O7S. The molecule has 3 heterocycles. The number of carbonyl (C=O) groups excluding carboxylic acids is 1. The first kappa shape index (κ1) is 33.0. The molecule has 44 heavy (non-hydrogen) atoms. The van der Waals surface area contributed by atoms with Crippen LogP contribution in [0.2, 0.25) is 0 Å². The molecule has 6 atom stereocenters. The Morgan fingerprint density at radius 3 is 2.39 bits per heavy atom. The van der Waals surface area contributed by atoms with E-state index in [0.717, 1.165) is 28.6 Å². The number of hydrogen-bond acceptors (Lipinski definition) is 10. The molecule has 1 saturated carbocycles. The molecule has 0 radical (unpaired) electrons. The van der Waals surface area contributed by atoms with Crippen LogP contribution in [0.1, 0.15) is 31.7 Å². The Kier molecular flexibility index (Phi) is 9.84. The standard InChI is InChI=1S/C27H33F5N4O7S/c1-41-22-20(36-12-17(33-34-36)14-10-15(28)19(30)16(29)11-14)21(38)18(13-37)43-25(22)44-23(24(39)35-6-8-42-9-7-35)26(40)2-4-27(31,32)5-3-26/h10-12,18,20-23,25,37-38,40H,2-9,13H2,1H3/t18-,20+,21+,22-,23-,25+/m1/s1. The van der Waals surface area contributed by atoms with E-state index in [9.17, 15) is 42.1 Å². The molecule has 2 aliphatic heterocycles. The summed E-state index contributed by atoms with van der Waals surface area (Å²) < 4.78 is 87.6. The van der Waals surface area contributed by atoms with Crippen LogP contribution in [-0.4, -0.2) is 122 Å². The van der Waals surface area contributed by atoms with Crippen LogP contribution in [-0.2, 0) is 19.0 Å². The topological polar surface area (TPSA) is 139 Å². The molecule has 0 spiro atoms. The predicted octanol–water partition coefficient (Wildman–Crippen LogP) is 1.90. The number of aliphatic hydroxyl groups excluding tert-OH is 2. The van der Waals surface area contributed by atoms with Crippen LogP contribution < -0.4 is 0 Å². The second kappa shape index (κ2) is 13.1. The highest BCUT2D eigenvalue weighted by molar-refractivity contribution is 8.01. The van der Waals surface area contributed by atoms with Crippen molar-refractivity contribution in [2.75, 3.05) is 40.0 Å². The molecule has 1 aromatic heterocycles. The van der Waals surface area contributed by atoms with Crippen molar-refractivity contribution in [3.63, 3.8) is 0 Å². The molecule has 3 aliphatic rings. The monoisotopic (exact) mass is 652 g/mol. The Labute approximate surface area is 253 Å². The molecule has 244 valence electrons. The third-order valence-corrected chi connectivity index (χ3v) is 9.90. The Morgan fingerprint density at radius 1 is 1.16 bits per heavy atom. The fourth-order valence-electron chi connectivity index (χ4n) is 5.79. The summed E-state index contributed by atoms with van der Waals surface area (Å²) in [7, 11) is 1.29. The van der Waals surface area contributed by atoms with Crippen LogP contribution in [0.5, 0.6) is 0 Å². The summed E-state index contributed by atoms with van der Waals surface area (Å²) in [6.07, 6.45) is -4.56. The van der Waals surface area contributed by atoms with Crippen LogP contribution in [0.25, 0.3) is 11.3 Å². The number of aromatic nitrogens is 3. The lowest BCUT2D eigenvalue weighted by molar-refractivity contribution is -0.187. The maximum Gasteiger partial charge on any atom is 0.248 e. The quantitative estimate of drug-likeness (QED) is 0.286. The van der Waals surface area contributed by atoms with Crippen LogP contribution in [0.4, 0.5) is 22.0 Å². The average Bonchev–Trinajstić information content (AvgIpc) is 3.50. The van der Waals surface area contributed by atoms with Gasteiger partial charge in [0.15, 0.2) is 17.5 Å². The molecule has 0 bridgehead atoms. The summed E-state index contributed by atoms with van der Waals surface area (Å²) in [5, 5.41) is 39.5. The Balaban J connectivity index is 1.47. The van der Waals surface area contributed by atoms with Crippen molar-refractivity contribution in [3.8, 4) is 11.3 Å². The van der Waals surface area contributed by atoms with Crippen molar-refractivity contribution in [2.24, 2.45) is 0 Å². The average molecular weight is 653 g/mol. The number of hydrogen-bond donors (Lipinski definition) is 3. The maximum absolute atomic E-state index is 14.1. The number of benzene rings is 1. The van der Waals surface area contributed by atoms with Crippen molar-refractivity contribution >= 4 is 17.7 Å². The number of morpholine rings is 1. The van der Waals surface area contributed by atoms with Gasteiger partial charge < -0.3 is 34.4 Å². The molecular weight excluding hydrogens is 619 g/mol. The zero-order valence-electron chi connectivity index (χ0n) is 23.6. The van der Waals surface area contributed by atoms with E-state index in [4.69, 9.17) is 14.2 Å². The number of alkyl halides is 2. The van der Waals surface area contributed by atoms with E-state index in [1.54, 1.807) is 0 Å². The number of methoxy groups -OCH3 is 1. The smallest absolute Gasteiger partial charge is 0.248 e. The number of nitrogens with zero attached hydrogens (tertiary/aromatic N) is 4. The molecule has 11 nitrogen and oxygen atoms in total. The third-order valence-electron chi connectivity index (χ3n) is 8.34. The van der Waals surface area contributed by atoms with Gasteiger partial charge in [0, 0.05) is 38.6 Å². The number of ether oxygens (including phenoxy) is 3. The van der Waals surface area contributed by atoms with Crippen molar-refractivity contribution in [1.82, 2.24) is 19.9 Å². The van der Waals surface area contributed by atoms with Gasteiger partial charge in [0.2, 0.25) is 11.8 Å². The third kappa shape index (κ3) is 6.59. The lowest BCUT2D eigenvalue weighted by Crippen LogP contribution is -2.59. The molecule has 1 aliphatic carbocycles. The summed E-state index contributed by atoms with van der Waals surface area (Å²) in [6.45, 7) is 0.303. The number of rotatable bonds is 8. The lowest BCUT2D eigenvalue weighted by atomic mass is 9.80. The van der Waals surface area contributed by atoms with E-state index >= 15 is 0 Å². The maximum atomic E-state index is 14.1. The summed E-state index contributed by atoms with van der Waals surface area (Å²) in [5.74, 6) is -8.03. The molecule has 1 amide bonds. The normalized spacial score (nSPS) is 29.4. The summed E-state index contributed by atoms with van der Waals surface area (Å²) in [5.41, 5.74) is -3.19. The van der Waals surface area contributed by atoms with E-state index < -0.39 is 89.4 Å². The van der Waals surface area contributed by atoms with Gasteiger partial charge in [-0.2, -0.15) is 0 Å². The minimum Gasteiger partial charge on any atom is -0.394 e. The van der Waals surface area contributed by atoms with Gasteiger partial charge >= 0.3 is 0 Å². The van der Waals surface area contributed by atoms with E-state index in [-0.39, 0.29) is 50.4 Å². The SMILES string of the molecule is CO[C@@H]1[C@@H](n2cc(-c3cc(F)c(F)c(F)c3)nn2)[C@@H](O)[C@@H](CO)O[C@H]1S[C@H](C(=O)N1CCOCC1)C1(O)CCC(F)(F)CC1. The fourth-order valence-corrected chi connectivity index (χ4v) is 7.45. The van der Waals surface area contributed by atoms with E-state index in [1.165, 1.54) is 18.2 Å². The van der Waals surface area contributed by atoms with Crippen LogP contribution >= 0.6 is 11.8 Å². The first-order valence-corrected chi connectivity index (χ1v) is 15.0. The van der Waals surface area contributed by atoms with Gasteiger partial charge in [-0.15, -0.1) is 16.9 Å². The molecule has 17 heteroatoms. The molecule has 3 N–H and O–H groups in total. The zero-order valence-corrected chi connectivity index (χ0v) is 24.4. The predicted molar refractivity (Wildman–Crippen MR) is 144 cm³/mol. The van der Waals surface area contributed by atoms with Gasteiger partial charge in [0.25, 0.3) is 0 Å². The molecule has 2 aromatic rings. The van der Waals surface area contributed by atoms with E-state index in [2.05, 4.69) is 10.3 Å². The van der Waals surface area contributed by atoms with Gasteiger partial charge in [-0.1, -0.05) is 5.21 Å². The first-order valence-electron chi connectivity index (χ1n) is 14.0. The molecule has 1 aromatic carbocycles. The largest absolute Gasteiger partial charge is 0.394 e. The van der Waals surface area contributed by atoms with Gasteiger partial charge in [-0.3, -0.25) is 4.79 Å². The molecule has 5 rings (SSSR count). The fraction of sp³-hybridized carbons (Fsp3) is 0.667. The minimum absolute atomic E-state index is 0.0705. The van der Waals surface area contributed by atoms with Crippen molar-refractivity contribution in [1.29, 1.82) is 0 Å². The highest BCUT2D eigenvalue weighted by Gasteiger charge is 2.54. The number of carbonyl (C=O) groups is 1. The number of thioether (sulfide) groups is 1.